The Kier molecular flexibility index (Phi) is 6.06. The minimum absolute atomic E-state index is 0.176. The van der Waals surface area contributed by atoms with Gasteiger partial charge in [0.2, 0.25) is 5.91 Å². The summed E-state index contributed by atoms with van der Waals surface area (Å²) < 4.78 is 0. The third-order valence-electron chi connectivity index (χ3n) is 5.42. The fourth-order valence-electron chi connectivity index (χ4n) is 3.89. The topological polar surface area (TPSA) is 85.4 Å². The molecule has 1 fully saturated rings. The lowest BCUT2D eigenvalue weighted by atomic mass is 10.0. The number of aliphatic hydroxyl groups excluding tert-OH is 1. The molecular formula is C23H24ClN3O3. The number of aliphatic hydroxyl groups is 1. The van der Waals surface area contributed by atoms with Gasteiger partial charge in [-0.15, -0.1) is 0 Å². The van der Waals surface area contributed by atoms with E-state index in [-0.39, 0.29) is 11.8 Å². The molecule has 3 aromatic rings. The third-order valence-corrected chi connectivity index (χ3v) is 5.66. The average molecular weight is 426 g/mol. The van der Waals surface area contributed by atoms with Gasteiger partial charge in [-0.2, -0.15) is 0 Å². The Morgan fingerprint density at radius 3 is 2.77 bits per heavy atom. The van der Waals surface area contributed by atoms with Crippen LogP contribution in [0.3, 0.4) is 0 Å². The third kappa shape index (κ3) is 4.66. The Morgan fingerprint density at radius 2 is 2.00 bits per heavy atom. The molecular weight excluding hydrogens is 402 g/mol. The van der Waals surface area contributed by atoms with Crippen molar-refractivity contribution in [2.24, 2.45) is 0 Å². The molecule has 0 saturated carbocycles. The van der Waals surface area contributed by atoms with Crippen LogP contribution in [0.25, 0.3) is 10.9 Å². The molecule has 6 nitrogen and oxygen atoms in total. The number of hydrogen-bond acceptors (Lipinski definition) is 3. The highest BCUT2D eigenvalue weighted by molar-refractivity contribution is 6.31. The molecule has 0 spiro atoms. The lowest BCUT2D eigenvalue weighted by Crippen LogP contribution is -2.53. The van der Waals surface area contributed by atoms with Gasteiger partial charge in [0, 0.05) is 35.4 Å². The number of nitrogens with one attached hydrogen (secondary N) is 2. The zero-order valence-electron chi connectivity index (χ0n) is 16.5. The summed E-state index contributed by atoms with van der Waals surface area (Å²) in [5.74, 6) is -0.528. The Bertz CT molecular complexity index is 1050. The summed E-state index contributed by atoms with van der Waals surface area (Å²) in [5, 5.41) is 14.3. The maximum absolute atomic E-state index is 13.2. The number of amides is 2. The summed E-state index contributed by atoms with van der Waals surface area (Å²) in [7, 11) is 0. The van der Waals surface area contributed by atoms with Crippen LogP contribution in [0.4, 0.5) is 0 Å². The second-order valence-corrected chi connectivity index (χ2v) is 8.15. The molecule has 1 saturated heterocycles. The van der Waals surface area contributed by atoms with Crippen LogP contribution in [-0.2, 0) is 11.2 Å². The summed E-state index contributed by atoms with van der Waals surface area (Å²) in [4.78, 5) is 30.9. The maximum Gasteiger partial charge on any atom is 0.268 e. The molecule has 4 rings (SSSR count). The summed E-state index contributed by atoms with van der Waals surface area (Å²) in [6.45, 7) is 0.882. The Labute approximate surface area is 179 Å². The summed E-state index contributed by atoms with van der Waals surface area (Å²) in [6, 6.07) is 16.0. The smallest absolute Gasteiger partial charge is 0.268 e. The van der Waals surface area contributed by atoms with Crippen molar-refractivity contribution in [1.29, 1.82) is 0 Å². The lowest BCUT2D eigenvalue weighted by molar-refractivity contribution is -0.136. The second-order valence-electron chi connectivity index (χ2n) is 7.71. The first kappa shape index (κ1) is 20.4. The highest BCUT2D eigenvalue weighted by atomic mass is 35.5. The van der Waals surface area contributed by atoms with Crippen molar-refractivity contribution >= 4 is 34.3 Å². The van der Waals surface area contributed by atoms with Crippen molar-refractivity contribution in [3.05, 3.63) is 70.9 Å². The number of rotatable bonds is 5. The minimum atomic E-state index is -0.722. The number of hydrogen-bond donors (Lipinski definition) is 3. The molecule has 2 aromatic carbocycles. The SMILES string of the molecule is O=C(NC(Cc1ccccc1)C(=O)N1CCCC(O)C1)c1cc2cc(Cl)ccc2[nH]1. The predicted molar refractivity (Wildman–Crippen MR) is 117 cm³/mol. The van der Waals surface area contributed by atoms with Gasteiger partial charge in [0.15, 0.2) is 0 Å². The quantitative estimate of drug-likeness (QED) is 0.587. The first-order valence-corrected chi connectivity index (χ1v) is 10.5. The molecule has 2 atom stereocenters. The van der Waals surface area contributed by atoms with Crippen molar-refractivity contribution in [1.82, 2.24) is 15.2 Å². The standard InChI is InChI=1S/C23H24ClN3O3/c24-17-8-9-19-16(12-17)13-20(25-19)22(29)26-21(11-15-5-2-1-3-6-15)23(30)27-10-4-7-18(28)14-27/h1-3,5-6,8-9,12-13,18,21,25,28H,4,7,10-11,14H2,(H,26,29). The number of aromatic nitrogens is 1. The number of aromatic amines is 1. The van der Waals surface area contributed by atoms with E-state index in [9.17, 15) is 14.7 Å². The zero-order chi connectivity index (χ0) is 21.1. The molecule has 1 aliphatic rings. The van der Waals surface area contributed by atoms with E-state index in [4.69, 9.17) is 11.6 Å². The van der Waals surface area contributed by atoms with Crippen molar-refractivity contribution < 1.29 is 14.7 Å². The van der Waals surface area contributed by atoms with E-state index in [1.54, 1.807) is 23.1 Å². The van der Waals surface area contributed by atoms with E-state index in [0.717, 1.165) is 22.9 Å². The first-order chi connectivity index (χ1) is 14.5. The van der Waals surface area contributed by atoms with Crippen molar-refractivity contribution in [3.63, 3.8) is 0 Å². The second kappa shape index (κ2) is 8.90. The van der Waals surface area contributed by atoms with Crippen LogP contribution in [0.15, 0.2) is 54.6 Å². The van der Waals surface area contributed by atoms with Crippen molar-refractivity contribution in [2.75, 3.05) is 13.1 Å². The van der Waals surface area contributed by atoms with Crippen LogP contribution in [0, 0.1) is 0 Å². The Hall–Kier alpha value is -2.83. The van der Waals surface area contributed by atoms with E-state index in [2.05, 4.69) is 10.3 Å². The largest absolute Gasteiger partial charge is 0.391 e. The first-order valence-electron chi connectivity index (χ1n) is 10.1. The van der Waals surface area contributed by atoms with Gasteiger partial charge in [-0.1, -0.05) is 41.9 Å². The number of H-pyrrole nitrogens is 1. The van der Waals surface area contributed by atoms with E-state index in [1.807, 2.05) is 36.4 Å². The molecule has 2 unspecified atom stereocenters. The van der Waals surface area contributed by atoms with Gasteiger partial charge in [-0.05, 0) is 42.7 Å². The highest BCUT2D eigenvalue weighted by Crippen LogP contribution is 2.20. The molecule has 1 aliphatic heterocycles. The number of β-amino-alcohol motifs (C(OH)–C–C–N with tert-alkyl or cyclic N) is 1. The summed E-state index contributed by atoms with van der Waals surface area (Å²) in [5.41, 5.74) is 2.13. The number of benzene rings is 2. The molecule has 30 heavy (non-hydrogen) atoms. The Morgan fingerprint density at radius 1 is 1.20 bits per heavy atom. The fraction of sp³-hybridized carbons (Fsp3) is 0.304. The number of fused-ring (bicyclic) bond motifs is 1. The van der Waals surface area contributed by atoms with Gasteiger partial charge in [0.25, 0.3) is 5.91 Å². The zero-order valence-corrected chi connectivity index (χ0v) is 17.2. The van der Waals surface area contributed by atoms with Gasteiger partial charge in [0.1, 0.15) is 11.7 Å². The van der Waals surface area contributed by atoms with Crippen LogP contribution in [0.1, 0.15) is 28.9 Å². The van der Waals surface area contributed by atoms with E-state index in [0.29, 0.717) is 36.6 Å². The van der Waals surface area contributed by atoms with Crippen LogP contribution >= 0.6 is 11.6 Å². The molecule has 0 bridgehead atoms. The van der Waals surface area contributed by atoms with Crippen LogP contribution in [0.5, 0.6) is 0 Å². The lowest BCUT2D eigenvalue weighted by Gasteiger charge is -2.33. The molecule has 3 N–H and O–H groups in total. The number of carbonyl (C=O) groups is 2. The summed E-state index contributed by atoms with van der Waals surface area (Å²) in [6.07, 6.45) is 1.30. The van der Waals surface area contributed by atoms with Gasteiger partial charge < -0.3 is 20.3 Å². The van der Waals surface area contributed by atoms with Crippen LogP contribution in [0.2, 0.25) is 5.02 Å². The normalized spacial score (nSPS) is 17.7. The van der Waals surface area contributed by atoms with Gasteiger partial charge in [-0.25, -0.2) is 0 Å². The monoisotopic (exact) mass is 425 g/mol. The van der Waals surface area contributed by atoms with Gasteiger partial charge in [-0.3, -0.25) is 9.59 Å². The highest BCUT2D eigenvalue weighted by Gasteiger charge is 2.30. The predicted octanol–water partition coefficient (Wildman–Crippen LogP) is 3.15. The van der Waals surface area contributed by atoms with E-state index < -0.39 is 12.1 Å². The molecule has 1 aromatic heterocycles. The maximum atomic E-state index is 13.2. The molecule has 2 heterocycles. The molecule has 156 valence electrons. The van der Waals surface area contributed by atoms with Gasteiger partial charge in [0.05, 0.1) is 6.10 Å². The number of nitrogens with zero attached hydrogens (tertiary/aromatic N) is 1. The minimum Gasteiger partial charge on any atom is -0.391 e. The summed E-state index contributed by atoms with van der Waals surface area (Å²) >= 11 is 6.04. The number of likely N-dealkylation sites (tertiary alicyclic amines) is 1. The van der Waals surface area contributed by atoms with Gasteiger partial charge >= 0.3 is 0 Å². The number of piperidine rings is 1. The fourth-order valence-corrected chi connectivity index (χ4v) is 4.07. The molecule has 0 aliphatic carbocycles. The average Bonchev–Trinajstić information content (AvgIpc) is 3.17. The van der Waals surface area contributed by atoms with Crippen molar-refractivity contribution in [2.45, 2.75) is 31.4 Å². The molecule has 7 heteroatoms. The van der Waals surface area contributed by atoms with Crippen LogP contribution in [-0.4, -0.2) is 52.0 Å². The van der Waals surface area contributed by atoms with E-state index >= 15 is 0 Å². The number of halogens is 1. The molecule has 2 amide bonds. The van der Waals surface area contributed by atoms with Crippen molar-refractivity contribution in [3.8, 4) is 0 Å². The molecule has 0 radical (unpaired) electrons. The Balaban J connectivity index is 1.56. The van der Waals surface area contributed by atoms with Crippen LogP contribution < -0.4 is 5.32 Å². The number of carbonyl (C=O) groups excluding carboxylic acids is 2. The van der Waals surface area contributed by atoms with E-state index in [1.165, 1.54) is 0 Å².